The van der Waals surface area contributed by atoms with Crippen molar-refractivity contribution in [3.63, 3.8) is 0 Å². The van der Waals surface area contributed by atoms with E-state index in [1.54, 1.807) is 6.20 Å². The Morgan fingerprint density at radius 2 is 1.78 bits per heavy atom. The van der Waals surface area contributed by atoms with E-state index in [2.05, 4.69) is 48.8 Å². The van der Waals surface area contributed by atoms with E-state index in [1.165, 1.54) is 23.1 Å². The van der Waals surface area contributed by atoms with E-state index in [-0.39, 0.29) is 17.5 Å². The number of rotatable bonds is 8. The molecule has 1 aliphatic carbocycles. The molecule has 254 valence electrons. The number of amides is 3. The first kappa shape index (κ1) is 31.4. The Balaban J connectivity index is 0.867. The summed E-state index contributed by atoms with van der Waals surface area (Å²) in [5.41, 5.74) is 11.9. The van der Waals surface area contributed by atoms with Crippen LogP contribution in [0.1, 0.15) is 89.7 Å². The standard InChI is InChI=1S/C37H42N8O4/c38-35(47)33-36(41-30(20-39-33)45-14-2-1-3-15-45)40-26-7-4-23(5-8-26)24-12-16-44(17-13-24)21-22-18-25-6-9-27-32(43-49-34(27)29(25)19-22)28-10-11-31(46)42-37(28)48/h4-9,20,22,24,28H,1-3,10-19,21H2,(H2,38,47)(H,40,41)(H,42,46,48)/t22-,28?/m1/s1. The van der Waals surface area contributed by atoms with Gasteiger partial charge in [0.2, 0.25) is 11.8 Å². The monoisotopic (exact) mass is 662 g/mol. The highest BCUT2D eigenvalue weighted by Gasteiger charge is 2.34. The SMILES string of the molecule is NC(=O)c1ncc(N2CCCCC2)nc1Nc1ccc(C2CCN(C[C@@H]3Cc4ccc5c(C6CCC(=O)NC6=O)noc5c4C3)CC2)cc1. The van der Waals surface area contributed by atoms with E-state index in [4.69, 9.17) is 15.2 Å². The number of carbonyl (C=O) groups excluding carboxylic acids is 3. The van der Waals surface area contributed by atoms with Crippen LogP contribution in [-0.4, -0.2) is 70.5 Å². The molecular formula is C37H42N8O4. The molecule has 3 aliphatic heterocycles. The molecule has 3 saturated heterocycles. The third-order valence-electron chi connectivity index (χ3n) is 10.9. The number of piperidine rings is 3. The van der Waals surface area contributed by atoms with E-state index >= 15 is 0 Å². The largest absolute Gasteiger partial charge is 0.364 e. The molecule has 3 fully saturated rings. The molecule has 8 rings (SSSR count). The fourth-order valence-electron chi connectivity index (χ4n) is 8.25. The molecule has 49 heavy (non-hydrogen) atoms. The molecule has 4 aromatic rings. The third kappa shape index (κ3) is 6.37. The summed E-state index contributed by atoms with van der Waals surface area (Å²) in [6.07, 6.45) is 10.1. The van der Waals surface area contributed by atoms with Gasteiger partial charge in [0.15, 0.2) is 17.1 Å². The first-order valence-corrected chi connectivity index (χ1v) is 17.6. The fourth-order valence-corrected chi connectivity index (χ4v) is 8.25. The van der Waals surface area contributed by atoms with Crippen molar-refractivity contribution < 1.29 is 18.9 Å². The maximum Gasteiger partial charge on any atom is 0.271 e. The molecule has 2 aromatic heterocycles. The molecule has 12 nitrogen and oxygen atoms in total. The summed E-state index contributed by atoms with van der Waals surface area (Å²) >= 11 is 0. The van der Waals surface area contributed by atoms with Crippen molar-refractivity contribution in [3.05, 3.63) is 70.7 Å². The van der Waals surface area contributed by atoms with Crippen LogP contribution in [0.5, 0.6) is 0 Å². The smallest absolute Gasteiger partial charge is 0.271 e. The summed E-state index contributed by atoms with van der Waals surface area (Å²) < 4.78 is 5.85. The topological polar surface area (TPSA) is 160 Å². The van der Waals surface area contributed by atoms with Gasteiger partial charge in [0.05, 0.1) is 12.1 Å². The maximum absolute atomic E-state index is 12.5. The van der Waals surface area contributed by atoms with Crippen LogP contribution in [0.2, 0.25) is 0 Å². The molecule has 5 heterocycles. The van der Waals surface area contributed by atoms with Crippen molar-refractivity contribution >= 4 is 46.0 Å². The number of likely N-dealkylation sites (tertiary alicyclic amines) is 1. The van der Waals surface area contributed by atoms with E-state index in [1.807, 2.05) is 18.2 Å². The van der Waals surface area contributed by atoms with E-state index in [0.29, 0.717) is 36.2 Å². The van der Waals surface area contributed by atoms with Gasteiger partial charge in [-0.2, -0.15) is 0 Å². The quantitative estimate of drug-likeness (QED) is 0.228. The predicted octanol–water partition coefficient (Wildman–Crippen LogP) is 4.57. The van der Waals surface area contributed by atoms with Crippen LogP contribution < -0.4 is 21.3 Å². The van der Waals surface area contributed by atoms with Crippen molar-refractivity contribution in [2.45, 2.75) is 69.6 Å². The normalized spacial score (nSPS) is 21.9. The first-order valence-electron chi connectivity index (χ1n) is 17.6. The number of aromatic nitrogens is 3. The van der Waals surface area contributed by atoms with E-state index in [9.17, 15) is 14.4 Å². The highest BCUT2D eigenvalue weighted by atomic mass is 16.5. The van der Waals surface area contributed by atoms with Crippen LogP contribution >= 0.6 is 0 Å². The number of fused-ring (bicyclic) bond motifs is 3. The number of anilines is 3. The van der Waals surface area contributed by atoms with Crippen LogP contribution in [0.4, 0.5) is 17.3 Å². The first-order chi connectivity index (χ1) is 23.9. The summed E-state index contributed by atoms with van der Waals surface area (Å²) in [4.78, 5) is 50.2. The molecule has 0 bridgehead atoms. The second kappa shape index (κ2) is 13.2. The predicted molar refractivity (Wildman–Crippen MR) is 185 cm³/mol. The number of nitrogens with zero attached hydrogens (tertiary/aromatic N) is 5. The summed E-state index contributed by atoms with van der Waals surface area (Å²) in [7, 11) is 0. The lowest BCUT2D eigenvalue weighted by Crippen LogP contribution is -2.39. The van der Waals surface area contributed by atoms with Crippen LogP contribution in [0.3, 0.4) is 0 Å². The molecular weight excluding hydrogens is 620 g/mol. The molecule has 0 spiro atoms. The Morgan fingerprint density at radius 1 is 0.980 bits per heavy atom. The fraction of sp³-hybridized carbons (Fsp3) is 0.459. The highest BCUT2D eigenvalue weighted by molar-refractivity contribution is 6.02. The number of hydrogen-bond donors (Lipinski definition) is 3. The van der Waals surface area contributed by atoms with Crippen LogP contribution in [0.15, 0.2) is 47.1 Å². The highest BCUT2D eigenvalue weighted by Crippen LogP contribution is 2.38. The Labute approximate surface area is 284 Å². The zero-order chi connectivity index (χ0) is 33.5. The molecule has 0 radical (unpaired) electrons. The van der Waals surface area contributed by atoms with Crippen molar-refractivity contribution in [2.24, 2.45) is 11.7 Å². The Hall–Kier alpha value is -4.84. The zero-order valence-corrected chi connectivity index (χ0v) is 27.6. The molecule has 12 heteroatoms. The van der Waals surface area contributed by atoms with Gasteiger partial charge in [0, 0.05) is 42.7 Å². The summed E-state index contributed by atoms with van der Waals surface area (Å²) in [5.74, 6) is 0.593. The molecule has 3 amide bonds. The minimum absolute atomic E-state index is 0.143. The molecule has 4 aliphatic rings. The second-order valence-corrected chi connectivity index (χ2v) is 14.1. The van der Waals surface area contributed by atoms with Gasteiger partial charge < -0.3 is 25.4 Å². The summed E-state index contributed by atoms with van der Waals surface area (Å²) in [6, 6.07) is 12.7. The number of carbonyl (C=O) groups is 3. The van der Waals surface area contributed by atoms with Gasteiger partial charge in [-0.15, -0.1) is 0 Å². The lowest BCUT2D eigenvalue weighted by atomic mass is 9.89. The molecule has 2 aromatic carbocycles. The third-order valence-corrected chi connectivity index (χ3v) is 10.9. The van der Waals surface area contributed by atoms with Crippen molar-refractivity contribution in [1.29, 1.82) is 0 Å². The van der Waals surface area contributed by atoms with Crippen LogP contribution in [0.25, 0.3) is 11.0 Å². The minimum atomic E-state index is -0.602. The summed E-state index contributed by atoms with van der Waals surface area (Å²) in [5, 5.41) is 11.0. The van der Waals surface area contributed by atoms with Gasteiger partial charge in [0.1, 0.15) is 11.5 Å². The number of nitrogens with one attached hydrogen (secondary N) is 2. The number of primary amides is 1. The van der Waals surface area contributed by atoms with E-state index < -0.39 is 11.8 Å². The average Bonchev–Trinajstić information content (AvgIpc) is 3.73. The van der Waals surface area contributed by atoms with Gasteiger partial charge >= 0.3 is 0 Å². The van der Waals surface area contributed by atoms with Gasteiger partial charge in [-0.05, 0) is 106 Å². The lowest BCUT2D eigenvalue weighted by molar-refractivity contribution is -0.134. The number of benzene rings is 2. The number of hydrogen-bond acceptors (Lipinski definition) is 10. The van der Waals surface area contributed by atoms with Gasteiger partial charge in [-0.3, -0.25) is 19.7 Å². The van der Waals surface area contributed by atoms with Crippen molar-refractivity contribution in [2.75, 3.05) is 42.9 Å². The van der Waals surface area contributed by atoms with Crippen molar-refractivity contribution in [3.8, 4) is 0 Å². The van der Waals surface area contributed by atoms with Gasteiger partial charge in [-0.1, -0.05) is 23.4 Å². The van der Waals surface area contributed by atoms with E-state index in [0.717, 1.165) is 93.7 Å². The Morgan fingerprint density at radius 3 is 2.53 bits per heavy atom. The number of imide groups is 1. The summed E-state index contributed by atoms with van der Waals surface area (Å²) in [6.45, 7) is 5.02. The minimum Gasteiger partial charge on any atom is -0.364 e. The Bertz CT molecular complexity index is 1890. The molecule has 4 N–H and O–H groups in total. The number of nitrogens with two attached hydrogens (primary N) is 1. The van der Waals surface area contributed by atoms with Crippen LogP contribution in [0, 0.1) is 5.92 Å². The molecule has 2 atom stereocenters. The zero-order valence-electron chi connectivity index (χ0n) is 27.6. The Kier molecular flexibility index (Phi) is 8.48. The second-order valence-electron chi connectivity index (χ2n) is 14.1. The van der Waals surface area contributed by atoms with Crippen molar-refractivity contribution in [1.82, 2.24) is 25.3 Å². The van der Waals surface area contributed by atoms with Gasteiger partial charge in [0.25, 0.3) is 5.91 Å². The van der Waals surface area contributed by atoms with Crippen LogP contribution in [-0.2, 0) is 22.4 Å². The van der Waals surface area contributed by atoms with Gasteiger partial charge in [-0.25, -0.2) is 9.97 Å². The molecule has 1 unspecified atom stereocenters. The lowest BCUT2D eigenvalue weighted by Gasteiger charge is -2.33. The maximum atomic E-state index is 12.5. The molecule has 0 saturated carbocycles. The average molecular weight is 663 g/mol.